The molecule has 0 amide bonds. The first-order valence-corrected chi connectivity index (χ1v) is 12.1. The molecule has 0 bridgehead atoms. The van der Waals surface area contributed by atoms with Crippen LogP contribution >= 0.6 is 23.1 Å². The monoisotopic (exact) mass is 452 g/mol. The van der Waals surface area contributed by atoms with Crippen LogP contribution in [0.1, 0.15) is 56.0 Å². The molecular formula is C25H24O4S2. The Hall–Kier alpha value is -2.57. The van der Waals surface area contributed by atoms with Gasteiger partial charge in [-0.25, -0.2) is 4.79 Å². The Balaban J connectivity index is 1.66. The summed E-state index contributed by atoms with van der Waals surface area (Å²) < 4.78 is 11.5. The third kappa shape index (κ3) is 4.70. The summed E-state index contributed by atoms with van der Waals surface area (Å²) in [5.41, 5.74) is 3.83. The molecule has 1 atom stereocenters. The standard InChI is InChI=1S/C25H24O4S2/c1-3-29-24(27)23-20-13-18(17-9-11-19(28-2)12-10-17)14-21(26)22(20)25(31-23)30-15-16-7-5-4-6-8-16/h4-12,18H,3,13-15H2,1-2H3. The molecule has 31 heavy (non-hydrogen) atoms. The molecule has 0 saturated carbocycles. The van der Waals surface area contributed by atoms with Crippen LogP contribution in [0.5, 0.6) is 5.75 Å². The number of fused-ring (bicyclic) bond motifs is 1. The number of ether oxygens (including phenoxy) is 2. The maximum atomic E-state index is 13.2. The molecule has 0 spiro atoms. The van der Waals surface area contributed by atoms with Crippen molar-refractivity contribution in [3.05, 3.63) is 81.7 Å². The molecule has 0 aliphatic heterocycles. The molecule has 3 aromatic rings. The third-order valence-electron chi connectivity index (χ3n) is 5.40. The number of methoxy groups -OCH3 is 1. The molecule has 1 aliphatic rings. The van der Waals surface area contributed by atoms with Crippen molar-refractivity contribution in [2.75, 3.05) is 13.7 Å². The van der Waals surface area contributed by atoms with E-state index in [1.807, 2.05) is 42.5 Å². The zero-order chi connectivity index (χ0) is 21.8. The molecule has 6 heteroatoms. The maximum absolute atomic E-state index is 13.2. The van der Waals surface area contributed by atoms with Crippen LogP contribution in [0.25, 0.3) is 0 Å². The van der Waals surface area contributed by atoms with Crippen molar-refractivity contribution in [3.63, 3.8) is 0 Å². The summed E-state index contributed by atoms with van der Waals surface area (Å²) in [6, 6.07) is 18.0. The van der Waals surface area contributed by atoms with Crippen LogP contribution in [-0.4, -0.2) is 25.5 Å². The minimum atomic E-state index is -0.335. The number of thioether (sulfide) groups is 1. The normalized spacial score (nSPS) is 15.4. The molecule has 1 aromatic heterocycles. The summed E-state index contributed by atoms with van der Waals surface area (Å²) >= 11 is 3.02. The SMILES string of the molecule is CCOC(=O)c1sc(SCc2ccccc2)c2c1CC(c1ccc(OC)cc1)CC2=O. The van der Waals surface area contributed by atoms with E-state index in [4.69, 9.17) is 9.47 Å². The van der Waals surface area contributed by atoms with E-state index in [1.165, 1.54) is 16.9 Å². The predicted octanol–water partition coefficient (Wildman–Crippen LogP) is 6.14. The number of hydrogen-bond acceptors (Lipinski definition) is 6. The fourth-order valence-corrected chi connectivity index (χ4v) is 6.37. The Morgan fingerprint density at radius 3 is 2.52 bits per heavy atom. The molecule has 0 saturated heterocycles. The highest BCUT2D eigenvalue weighted by atomic mass is 32.2. The third-order valence-corrected chi connectivity index (χ3v) is 7.95. The molecule has 4 nitrogen and oxygen atoms in total. The van der Waals surface area contributed by atoms with Gasteiger partial charge in [0.25, 0.3) is 0 Å². The van der Waals surface area contributed by atoms with Gasteiger partial charge in [-0.05, 0) is 48.1 Å². The molecule has 1 aliphatic carbocycles. The average molecular weight is 453 g/mol. The van der Waals surface area contributed by atoms with Gasteiger partial charge in [-0.1, -0.05) is 42.5 Å². The van der Waals surface area contributed by atoms with E-state index in [9.17, 15) is 9.59 Å². The van der Waals surface area contributed by atoms with Gasteiger partial charge in [-0.2, -0.15) is 0 Å². The highest BCUT2D eigenvalue weighted by Crippen LogP contribution is 2.45. The van der Waals surface area contributed by atoms with Crippen molar-refractivity contribution >= 4 is 34.9 Å². The van der Waals surface area contributed by atoms with E-state index in [-0.39, 0.29) is 17.7 Å². The Morgan fingerprint density at radius 2 is 1.84 bits per heavy atom. The first-order valence-electron chi connectivity index (χ1n) is 10.3. The van der Waals surface area contributed by atoms with Crippen LogP contribution in [0.4, 0.5) is 0 Å². The quantitative estimate of drug-likeness (QED) is 0.318. The number of carbonyl (C=O) groups excluding carboxylic acids is 2. The molecular weight excluding hydrogens is 428 g/mol. The Bertz CT molecular complexity index is 1070. The molecule has 2 aromatic carbocycles. The number of benzene rings is 2. The molecule has 4 rings (SSSR count). The van der Waals surface area contributed by atoms with Gasteiger partial charge in [0.05, 0.1) is 17.9 Å². The lowest BCUT2D eigenvalue weighted by molar-refractivity contribution is 0.0531. The van der Waals surface area contributed by atoms with Crippen LogP contribution in [0, 0.1) is 0 Å². The van der Waals surface area contributed by atoms with Crippen LogP contribution in [0.2, 0.25) is 0 Å². The van der Waals surface area contributed by atoms with Crippen LogP contribution in [0.15, 0.2) is 58.8 Å². The summed E-state index contributed by atoms with van der Waals surface area (Å²) in [5, 5.41) is 0. The van der Waals surface area contributed by atoms with Gasteiger partial charge < -0.3 is 9.47 Å². The first kappa shape index (κ1) is 21.7. The summed E-state index contributed by atoms with van der Waals surface area (Å²) in [4.78, 5) is 26.5. The predicted molar refractivity (Wildman–Crippen MR) is 125 cm³/mol. The minimum absolute atomic E-state index is 0.0423. The summed E-state index contributed by atoms with van der Waals surface area (Å²) in [5.74, 6) is 1.35. The second kappa shape index (κ2) is 9.71. The van der Waals surface area contributed by atoms with Crippen molar-refractivity contribution < 1.29 is 19.1 Å². The van der Waals surface area contributed by atoms with E-state index in [2.05, 4.69) is 12.1 Å². The van der Waals surface area contributed by atoms with Gasteiger partial charge in [0.2, 0.25) is 0 Å². The second-order valence-corrected chi connectivity index (χ2v) is 9.63. The minimum Gasteiger partial charge on any atom is -0.497 e. The van der Waals surface area contributed by atoms with Gasteiger partial charge in [-0.3, -0.25) is 4.79 Å². The second-order valence-electron chi connectivity index (χ2n) is 7.37. The molecule has 0 fully saturated rings. The molecule has 1 unspecified atom stereocenters. The van der Waals surface area contributed by atoms with Gasteiger partial charge in [0.15, 0.2) is 5.78 Å². The average Bonchev–Trinajstić information content (AvgIpc) is 3.18. The number of carbonyl (C=O) groups is 2. The van der Waals surface area contributed by atoms with E-state index in [0.29, 0.717) is 24.3 Å². The Labute approximate surface area is 190 Å². The van der Waals surface area contributed by atoms with Crippen molar-refractivity contribution in [3.8, 4) is 5.75 Å². The number of ketones is 1. The smallest absolute Gasteiger partial charge is 0.348 e. The van der Waals surface area contributed by atoms with E-state index in [1.54, 1.807) is 25.8 Å². The van der Waals surface area contributed by atoms with Crippen LogP contribution < -0.4 is 4.74 Å². The first-order chi connectivity index (χ1) is 15.1. The fourth-order valence-electron chi connectivity index (χ4n) is 3.86. The van der Waals surface area contributed by atoms with Crippen molar-refractivity contribution in [1.29, 1.82) is 0 Å². The number of rotatable bonds is 7. The number of hydrogen-bond donors (Lipinski definition) is 0. The van der Waals surface area contributed by atoms with Crippen molar-refractivity contribution in [1.82, 2.24) is 0 Å². The number of Topliss-reactive ketones (excluding diaryl/α,β-unsaturated/α-hetero) is 1. The topological polar surface area (TPSA) is 52.6 Å². The summed E-state index contributed by atoms with van der Waals surface area (Å²) in [7, 11) is 1.64. The van der Waals surface area contributed by atoms with Crippen molar-refractivity contribution in [2.24, 2.45) is 0 Å². The zero-order valence-electron chi connectivity index (χ0n) is 17.6. The van der Waals surface area contributed by atoms with Gasteiger partial charge >= 0.3 is 5.97 Å². The van der Waals surface area contributed by atoms with E-state index < -0.39 is 0 Å². The fraction of sp³-hybridized carbons (Fsp3) is 0.280. The molecule has 160 valence electrons. The molecule has 0 radical (unpaired) electrons. The van der Waals surface area contributed by atoms with Crippen molar-refractivity contribution in [2.45, 2.75) is 35.6 Å². The lowest BCUT2D eigenvalue weighted by Crippen LogP contribution is -2.20. The Kier molecular flexibility index (Phi) is 6.78. The van der Waals surface area contributed by atoms with Gasteiger partial charge in [0, 0.05) is 17.7 Å². The molecule has 1 heterocycles. The molecule has 0 N–H and O–H groups in total. The van der Waals surface area contributed by atoms with E-state index >= 15 is 0 Å². The number of thiophene rings is 1. The lowest BCUT2D eigenvalue weighted by Gasteiger charge is -2.23. The highest BCUT2D eigenvalue weighted by Gasteiger charge is 2.35. The Morgan fingerprint density at radius 1 is 1.10 bits per heavy atom. The van der Waals surface area contributed by atoms with Crippen LogP contribution in [-0.2, 0) is 16.9 Å². The van der Waals surface area contributed by atoms with Gasteiger partial charge in [-0.15, -0.1) is 23.1 Å². The zero-order valence-corrected chi connectivity index (χ0v) is 19.2. The maximum Gasteiger partial charge on any atom is 0.348 e. The lowest BCUT2D eigenvalue weighted by atomic mass is 9.80. The summed E-state index contributed by atoms with van der Waals surface area (Å²) in [6.07, 6.45) is 1.10. The summed E-state index contributed by atoms with van der Waals surface area (Å²) in [6.45, 7) is 2.11. The van der Waals surface area contributed by atoms with Crippen LogP contribution in [0.3, 0.4) is 0 Å². The highest BCUT2D eigenvalue weighted by molar-refractivity contribution is 8.00. The van der Waals surface area contributed by atoms with Gasteiger partial charge in [0.1, 0.15) is 10.6 Å². The largest absolute Gasteiger partial charge is 0.497 e. The van der Waals surface area contributed by atoms with E-state index in [0.717, 1.165) is 32.4 Å². The number of esters is 1.